The predicted octanol–water partition coefficient (Wildman–Crippen LogP) is 5.83. The lowest BCUT2D eigenvalue weighted by Gasteiger charge is -2.13. The van der Waals surface area contributed by atoms with Crippen LogP contribution in [0, 0.1) is 6.92 Å². The standard InChI is InChI=1S/C23H23N3O3S/c1-5-29-16-8-6-15(7-9-16)20-14(2)30-23-21(20)22(24-13-25-23)26-18-11-10-17(27-3)12-19(18)28-4/h6-13H,5H2,1-4H3,(H,24,25,26). The highest BCUT2D eigenvalue weighted by atomic mass is 32.1. The topological polar surface area (TPSA) is 65.5 Å². The van der Waals surface area contributed by atoms with E-state index in [9.17, 15) is 0 Å². The van der Waals surface area contributed by atoms with Crippen molar-refractivity contribution in [2.75, 3.05) is 26.1 Å². The number of nitrogens with one attached hydrogen (secondary N) is 1. The maximum absolute atomic E-state index is 5.58. The van der Waals surface area contributed by atoms with E-state index in [0.29, 0.717) is 12.4 Å². The monoisotopic (exact) mass is 421 g/mol. The van der Waals surface area contributed by atoms with E-state index < -0.39 is 0 Å². The number of hydrogen-bond acceptors (Lipinski definition) is 7. The number of aryl methyl sites for hydroxylation is 1. The van der Waals surface area contributed by atoms with Crippen LogP contribution in [0.1, 0.15) is 11.8 Å². The van der Waals surface area contributed by atoms with Gasteiger partial charge in [0.2, 0.25) is 0 Å². The molecule has 0 bridgehead atoms. The summed E-state index contributed by atoms with van der Waals surface area (Å²) < 4.78 is 16.4. The van der Waals surface area contributed by atoms with E-state index >= 15 is 0 Å². The summed E-state index contributed by atoms with van der Waals surface area (Å²) in [7, 11) is 3.27. The SMILES string of the molecule is CCOc1ccc(-c2c(C)sc3ncnc(Nc4ccc(OC)cc4OC)c23)cc1. The number of nitrogens with zero attached hydrogens (tertiary/aromatic N) is 2. The van der Waals surface area contributed by atoms with Crippen molar-refractivity contribution in [3.63, 3.8) is 0 Å². The molecule has 0 unspecified atom stereocenters. The molecule has 0 aliphatic carbocycles. The molecule has 2 aromatic heterocycles. The number of fused-ring (bicyclic) bond motifs is 1. The van der Waals surface area contributed by atoms with E-state index in [2.05, 4.69) is 34.3 Å². The number of ether oxygens (including phenoxy) is 3. The summed E-state index contributed by atoms with van der Waals surface area (Å²) in [5, 5.41) is 4.41. The molecule has 0 saturated heterocycles. The molecule has 0 amide bonds. The first-order chi connectivity index (χ1) is 14.6. The van der Waals surface area contributed by atoms with Gasteiger partial charge in [0.25, 0.3) is 0 Å². The van der Waals surface area contributed by atoms with Crippen LogP contribution in [-0.4, -0.2) is 30.8 Å². The zero-order chi connectivity index (χ0) is 21.1. The minimum Gasteiger partial charge on any atom is -0.497 e. The molecule has 0 radical (unpaired) electrons. The third-order valence-corrected chi connectivity index (χ3v) is 5.79. The molecule has 2 aromatic carbocycles. The molecule has 0 fully saturated rings. The molecular weight excluding hydrogens is 398 g/mol. The number of hydrogen-bond donors (Lipinski definition) is 1. The van der Waals surface area contributed by atoms with Crippen molar-refractivity contribution in [1.82, 2.24) is 9.97 Å². The smallest absolute Gasteiger partial charge is 0.146 e. The first-order valence-electron chi connectivity index (χ1n) is 9.61. The van der Waals surface area contributed by atoms with Crippen LogP contribution >= 0.6 is 11.3 Å². The molecule has 2 heterocycles. The summed E-state index contributed by atoms with van der Waals surface area (Å²) in [6, 6.07) is 13.8. The van der Waals surface area contributed by atoms with Gasteiger partial charge in [0.1, 0.15) is 34.2 Å². The Morgan fingerprint density at radius 3 is 2.43 bits per heavy atom. The van der Waals surface area contributed by atoms with E-state index in [1.807, 2.05) is 37.3 Å². The summed E-state index contributed by atoms with van der Waals surface area (Å²) in [5.41, 5.74) is 3.02. The van der Waals surface area contributed by atoms with E-state index in [-0.39, 0.29) is 0 Å². The highest BCUT2D eigenvalue weighted by Crippen LogP contribution is 2.42. The van der Waals surface area contributed by atoms with E-state index in [1.165, 1.54) is 4.88 Å². The van der Waals surface area contributed by atoms with E-state index in [1.54, 1.807) is 31.9 Å². The average Bonchev–Trinajstić information content (AvgIpc) is 3.11. The highest BCUT2D eigenvalue weighted by molar-refractivity contribution is 7.19. The Morgan fingerprint density at radius 2 is 1.73 bits per heavy atom. The first-order valence-corrected chi connectivity index (χ1v) is 10.4. The number of methoxy groups -OCH3 is 2. The number of benzene rings is 2. The minimum atomic E-state index is 0.644. The van der Waals surface area contributed by atoms with Gasteiger partial charge in [0.05, 0.1) is 31.9 Å². The van der Waals surface area contributed by atoms with Gasteiger partial charge in [-0.3, -0.25) is 0 Å². The zero-order valence-electron chi connectivity index (χ0n) is 17.4. The van der Waals surface area contributed by atoms with Gasteiger partial charge in [-0.05, 0) is 43.7 Å². The van der Waals surface area contributed by atoms with Crippen molar-refractivity contribution in [1.29, 1.82) is 0 Å². The second-order valence-corrected chi connectivity index (χ2v) is 7.79. The van der Waals surface area contributed by atoms with Crippen molar-refractivity contribution in [2.45, 2.75) is 13.8 Å². The molecular formula is C23H23N3O3S. The van der Waals surface area contributed by atoms with Crippen LogP contribution in [0.25, 0.3) is 21.3 Å². The van der Waals surface area contributed by atoms with Gasteiger partial charge in [0.15, 0.2) is 0 Å². The van der Waals surface area contributed by atoms with Gasteiger partial charge < -0.3 is 19.5 Å². The van der Waals surface area contributed by atoms with Gasteiger partial charge in [-0.25, -0.2) is 9.97 Å². The molecule has 0 spiro atoms. The Bertz CT molecular complexity index is 1170. The molecule has 4 aromatic rings. The number of anilines is 2. The molecule has 0 aliphatic heterocycles. The third-order valence-electron chi connectivity index (χ3n) is 4.78. The summed E-state index contributed by atoms with van der Waals surface area (Å²) in [4.78, 5) is 11.2. The quantitative estimate of drug-likeness (QED) is 0.405. The molecule has 7 heteroatoms. The Balaban J connectivity index is 1.80. The predicted molar refractivity (Wildman–Crippen MR) is 122 cm³/mol. The Morgan fingerprint density at radius 1 is 0.967 bits per heavy atom. The Hall–Kier alpha value is -3.32. The summed E-state index contributed by atoms with van der Waals surface area (Å²) in [6.45, 7) is 4.73. The van der Waals surface area contributed by atoms with Crippen LogP contribution < -0.4 is 19.5 Å². The molecule has 0 aliphatic rings. The molecule has 6 nitrogen and oxygen atoms in total. The number of thiophene rings is 1. The molecule has 154 valence electrons. The molecule has 4 rings (SSSR count). The Kier molecular flexibility index (Phi) is 5.72. The lowest BCUT2D eigenvalue weighted by atomic mass is 10.0. The van der Waals surface area contributed by atoms with E-state index in [4.69, 9.17) is 14.2 Å². The second kappa shape index (κ2) is 8.59. The van der Waals surface area contributed by atoms with Crippen LogP contribution in [0.5, 0.6) is 17.2 Å². The second-order valence-electron chi connectivity index (χ2n) is 6.58. The number of rotatable bonds is 7. The maximum atomic E-state index is 5.58. The van der Waals surface area contributed by atoms with Gasteiger partial charge >= 0.3 is 0 Å². The highest BCUT2D eigenvalue weighted by Gasteiger charge is 2.18. The van der Waals surface area contributed by atoms with Crippen molar-refractivity contribution >= 4 is 33.1 Å². The van der Waals surface area contributed by atoms with Gasteiger partial charge in [-0.1, -0.05) is 12.1 Å². The minimum absolute atomic E-state index is 0.644. The number of aromatic nitrogens is 2. The molecule has 0 atom stereocenters. The fraction of sp³-hybridized carbons (Fsp3) is 0.217. The lowest BCUT2D eigenvalue weighted by molar-refractivity contribution is 0.340. The Labute approximate surface area is 179 Å². The van der Waals surface area contributed by atoms with Gasteiger partial charge in [-0.2, -0.15) is 0 Å². The van der Waals surface area contributed by atoms with Crippen LogP contribution in [0.15, 0.2) is 48.8 Å². The largest absolute Gasteiger partial charge is 0.497 e. The fourth-order valence-electron chi connectivity index (χ4n) is 3.40. The fourth-order valence-corrected chi connectivity index (χ4v) is 4.41. The van der Waals surface area contributed by atoms with E-state index in [0.717, 1.165) is 44.3 Å². The summed E-state index contributed by atoms with van der Waals surface area (Å²) >= 11 is 1.66. The van der Waals surface area contributed by atoms with Crippen molar-refractivity contribution in [3.05, 3.63) is 53.7 Å². The van der Waals surface area contributed by atoms with Crippen molar-refractivity contribution in [2.24, 2.45) is 0 Å². The third kappa shape index (κ3) is 3.76. The normalized spacial score (nSPS) is 10.8. The van der Waals surface area contributed by atoms with Crippen LogP contribution in [0.2, 0.25) is 0 Å². The van der Waals surface area contributed by atoms with Crippen molar-refractivity contribution < 1.29 is 14.2 Å². The van der Waals surface area contributed by atoms with Gasteiger partial charge in [-0.15, -0.1) is 11.3 Å². The summed E-state index contributed by atoms with van der Waals surface area (Å²) in [6.07, 6.45) is 1.58. The maximum Gasteiger partial charge on any atom is 0.146 e. The van der Waals surface area contributed by atoms with Crippen molar-refractivity contribution in [3.8, 4) is 28.4 Å². The zero-order valence-corrected chi connectivity index (χ0v) is 18.2. The lowest BCUT2D eigenvalue weighted by Crippen LogP contribution is -1.99. The molecule has 0 saturated carbocycles. The van der Waals surface area contributed by atoms with Gasteiger partial charge in [0, 0.05) is 16.5 Å². The molecule has 30 heavy (non-hydrogen) atoms. The average molecular weight is 422 g/mol. The van der Waals surface area contributed by atoms with Crippen LogP contribution in [0.3, 0.4) is 0 Å². The molecule has 1 N–H and O–H groups in total. The van der Waals surface area contributed by atoms with Crippen LogP contribution in [0.4, 0.5) is 11.5 Å². The first kappa shape index (κ1) is 20.0. The van der Waals surface area contributed by atoms with Crippen LogP contribution in [-0.2, 0) is 0 Å². The summed E-state index contributed by atoms with van der Waals surface area (Å²) in [5.74, 6) is 3.00.